The van der Waals surface area contributed by atoms with Crippen LogP contribution in [0.4, 0.5) is 5.82 Å². The number of nitrogen functional groups attached to an aromatic ring is 1. The maximum absolute atomic E-state index is 5.51. The van der Waals surface area contributed by atoms with Crippen molar-refractivity contribution < 1.29 is 9.47 Å². The third-order valence-electron chi connectivity index (χ3n) is 1.89. The monoisotopic (exact) mass is 181 g/mol. The van der Waals surface area contributed by atoms with E-state index in [0.29, 0.717) is 25.8 Å². The summed E-state index contributed by atoms with van der Waals surface area (Å²) in [6, 6.07) is 0. The normalized spacial score (nSPS) is 18.8. The van der Waals surface area contributed by atoms with Crippen LogP contribution in [0.1, 0.15) is 11.6 Å². The minimum absolute atomic E-state index is 0.157. The van der Waals surface area contributed by atoms with E-state index in [-0.39, 0.29) is 5.92 Å². The van der Waals surface area contributed by atoms with E-state index in [0.717, 1.165) is 5.69 Å². The van der Waals surface area contributed by atoms with E-state index < -0.39 is 0 Å². The van der Waals surface area contributed by atoms with E-state index in [1.807, 2.05) is 0 Å². The number of anilines is 1. The van der Waals surface area contributed by atoms with Crippen molar-refractivity contribution >= 4 is 5.82 Å². The van der Waals surface area contributed by atoms with Gasteiger partial charge in [-0.2, -0.15) is 0 Å². The number of hydrogen-bond donors (Lipinski definition) is 1. The first-order valence-corrected chi connectivity index (χ1v) is 4.09. The maximum Gasteiger partial charge on any atom is 0.146 e. The highest BCUT2D eigenvalue weighted by molar-refractivity contribution is 5.25. The van der Waals surface area contributed by atoms with Crippen LogP contribution in [0.25, 0.3) is 0 Å². The van der Waals surface area contributed by atoms with Gasteiger partial charge in [-0.3, -0.25) is 4.98 Å². The van der Waals surface area contributed by atoms with Gasteiger partial charge < -0.3 is 15.2 Å². The molecule has 0 saturated carbocycles. The molecular weight excluding hydrogens is 170 g/mol. The van der Waals surface area contributed by atoms with Crippen molar-refractivity contribution in [1.82, 2.24) is 9.97 Å². The van der Waals surface area contributed by atoms with Crippen LogP contribution in [0.5, 0.6) is 0 Å². The largest absolute Gasteiger partial charge is 0.382 e. The van der Waals surface area contributed by atoms with Crippen molar-refractivity contribution in [3.63, 3.8) is 0 Å². The first-order chi connectivity index (χ1) is 6.36. The Morgan fingerprint density at radius 2 is 2.08 bits per heavy atom. The van der Waals surface area contributed by atoms with Gasteiger partial charge in [0.25, 0.3) is 0 Å². The summed E-state index contributed by atoms with van der Waals surface area (Å²) in [4.78, 5) is 8.11. The van der Waals surface area contributed by atoms with Crippen LogP contribution in [0.3, 0.4) is 0 Å². The van der Waals surface area contributed by atoms with Crippen LogP contribution >= 0.6 is 0 Å². The van der Waals surface area contributed by atoms with Gasteiger partial charge in [-0.15, -0.1) is 0 Å². The Kier molecular flexibility index (Phi) is 2.37. The molecule has 0 bridgehead atoms. The van der Waals surface area contributed by atoms with Gasteiger partial charge in [0.1, 0.15) is 12.6 Å². The van der Waals surface area contributed by atoms with E-state index in [2.05, 4.69) is 9.97 Å². The summed E-state index contributed by atoms with van der Waals surface area (Å²) < 4.78 is 10.3. The van der Waals surface area contributed by atoms with Crippen molar-refractivity contribution in [2.75, 3.05) is 25.7 Å². The molecule has 0 spiro atoms. The molecule has 1 aromatic heterocycles. The summed E-state index contributed by atoms with van der Waals surface area (Å²) in [6.45, 7) is 1.61. The van der Waals surface area contributed by atoms with E-state index in [1.54, 1.807) is 6.20 Å². The SMILES string of the molecule is Nc1cncc(C2COCOC2)n1. The summed E-state index contributed by atoms with van der Waals surface area (Å²) in [5.41, 5.74) is 6.34. The lowest BCUT2D eigenvalue weighted by Crippen LogP contribution is -2.23. The molecule has 13 heavy (non-hydrogen) atoms. The standard InChI is InChI=1S/C8H11N3O2/c9-8-2-10-1-7(11-8)6-3-12-5-13-4-6/h1-2,6H,3-5H2,(H2,9,11). The molecule has 0 amide bonds. The molecule has 1 aliphatic heterocycles. The van der Waals surface area contributed by atoms with Gasteiger partial charge in [-0.05, 0) is 0 Å². The molecule has 1 fully saturated rings. The van der Waals surface area contributed by atoms with E-state index in [4.69, 9.17) is 15.2 Å². The Morgan fingerprint density at radius 3 is 2.77 bits per heavy atom. The summed E-state index contributed by atoms with van der Waals surface area (Å²) >= 11 is 0. The average Bonchev–Trinajstić information content (AvgIpc) is 2.19. The van der Waals surface area contributed by atoms with Crippen molar-refractivity contribution in [1.29, 1.82) is 0 Å². The number of hydrogen-bond acceptors (Lipinski definition) is 5. The van der Waals surface area contributed by atoms with E-state index in [9.17, 15) is 0 Å². The van der Waals surface area contributed by atoms with Crippen LogP contribution in [0.15, 0.2) is 12.4 Å². The molecule has 2 N–H and O–H groups in total. The van der Waals surface area contributed by atoms with Crippen molar-refractivity contribution in [2.24, 2.45) is 0 Å². The van der Waals surface area contributed by atoms with Crippen LogP contribution < -0.4 is 5.73 Å². The van der Waals surface area contributed by atoms with Gasteiger partial charge in [0.05, 0.1) is 25.1 Å². The van der Waals surface area contributed by atoms with Crippen LogP contribution in [0.2, 0.25) is 0 Å². The Labute approximate surface area is 75.9 Å². The van der Waals surface area contributed by atoms with Crippen molar-refractivity contribution in [2.45, 2.75) is 5.92 Å². The molecular formula is C8H11N3O2. The fraction of sp³-hybridized carbons (Fsp3) is 0.500. The lowest BCUT2D eigenvalue weighted by molar-refractivity contribution is -0.108. The smallest absolute Gasteiger partial charge is 0.146 e. The second-order valence-electron chi connectivity index (χ2n) is 2.93. The molecule has 70 valence electrons. The van der Waals surface area contributed by atoms with Gasteiger partial charge in [0.2, 0.25) is 0 Å². The molecule has 0 atom stereocenters. The second kappa shape index (κ2) is 3.68. The summed E-state index contributed by atoms with van der Waals surface area (Å²) in [7, 11) is 0. The highest BCUT2D eigenvalue weighted by Crippen LogP contribution is 2.17. The number of aromatic nitrogens is 2. The Morgan fingerprint density at radius 1 is 1.31 bits per heavy atom. The predicted octanol–water partition coefficient (Wildman–Crippen LogP) is 0.147. The molecule has 2 heterocycles. The van der Waals surface area contributed by atoms with Crippen LogP contribution in [-0.4, -0.2) is 30.0 Å². The van der Waals surface area contributed by atoms with Gasteiger partial charge in [-0.25, -0.2) is 4.98 Å². The molecule has 2 rings (SSSR count). The Hall–Kier alpha value is -1.20. The first-order valence-electron chi connectivity index (χ1n) is 4.09. The molecule has 5 heteroatoms. The van der Waals surface area contributed by atoms with E-state index in [1.165, 1.54) is 6.20 Å². The Balaban J connectivity index is 2.14. The molecule has 0 radical (unpaired) electrons. The van der Waals surface area contributed by atoms with Gasteiger partial charge in [0, 0.05) is 12.1 Å². The van der Waals surface area contributed by atoms with Gasteiger partial charge >= 0.3 is 0 Å². The van der Waals surface area contributed by atoms with Gasteiger partial charge in [0.15, 0.2) is 0 Å². The van der Waals surface area contributed by atoms with Gasteiger partial charge in [-0.1, -0.05) is 0 Å². The highest BCUT2D eigenvalue weighted by Gasteiger charge is 2.18. The quantitative estimate of drug-likeness (QED) is 0.667. The number of ether oxygens (including phenoxy) is 2. The minimum Gasteiger partial charge on any atom is -0.382 e. The molecule has 0 unspecified atom stereocenters. The molecule has 1 saturated heterocycles. The highest BCUT2D eigenvalue weighted by atomic mass is 16.7. The number of rotatable bonds is 1. The third kappa shape index (κ3) is 1.93. The first kappa shape index (κ1) is 8.40. The van der Waals surface area contributed by atoms with Crippen molar-refractivity contribution in [3.05, 3.63) is 18.1 Å². The fourth-order valence-corrected chi connectivity index (χ4v) is 1.25. The lowest BCUT2D eigenvalue weighted by Gasteiger charge is -2.21. The molecule has 1 aromatic rings. The minimum atomic E-state index is 0.157. The summed E-state index contributed by atoms with van der Waals surface area (Å²) in [6.07, 6.45) is 3.22. The topological polar surface area (TPSA) is 70.3 Å². The summed E-state index contributed by atoms with van der Waals surface area (Å²) in [5.74, 6) is 0.591. The maximum atomic E-state index is 5.51. The van der Waals surface area contributed by atoms with Crippen molar-refractivity contribution in [3.8, 4) is 0 Å². The molecule has 0 aromatic carbocycles. The zero-order valence-corrected chi connectivity index (χ0v) is 7.14. The average molecular weight is 181 g/mol. The zero-order chi connectivity index (χ0) is 9.10. The summed E-state index contributed by atoms with van der Waals surface area (Å²) in [5, 5.41) is 0. The zero-order valence-electron chi connectivity index (χ0n) is 7.14. The number of nitrogens with zero attached hydrogens (tertiary/aromatic N) is 2. The van der Waals surface area contributed by atoms with E-state index >= 15 is 0 Å². The molecule has 5 nitrogen and oxygen atoms in total. The molecule has 1 aliphatic rings. The van der Waals surface area contributed by atoms with Crippen LogP contribution in [-0.2, 0) is 9.47 Å². The second-order valence-corrected chi connectivity index (χ2v) is 2.93. The Bertz CT molecular complexity index is 286. The predicted molar refractivity (Wildman–Crippen MR) is 46.0 cm³/mol. The molecule has 0 aliphatic carbocycles. The lowest BCUT2D eigenvalue weighted by atomic mass is 10.1. The van der Waals surface area contributed by atoms with Crippen LogP contribution in [0, 0.1) is 0 Å². The number of nitrogens with two attached hydrogens (primary N) is 1. The fourth-order valence-electron chi connectivity index (χ4n) is 1.25. The third-order valence-corrected chi connectivity index (χ3v) is 1.89.